The average molecular weight is 176 g/mol. The van der Waals surface area contributed by atoms with E-state index in [1.807, 2.05) is 0 Å². The topological polar surface area (TPSA) is 110 Å². The molecule has 5 nitrogen and oxygen atoms in total. The van der Waals surface area contributed by atoms with Gasteiger partial charge < -0.3 is 21.7 Å². The van der Waals surface area contributed by atoms with Gasteiger partial charge in [0.25, 0.3) is 0 Å². The fraction of sp³-hybridized carbons (Fsp3) is 0.857. The number of carboxylic acids is 1. The van der Waals surface area contributed by atoms with Gasteiger partial charge in [-0.15, -0.1) is 0 Å². The molecule has 0 saturated heterocycles. The van der Waals surface area contributed by atoms with Crippen LogP contribution in [0.25, 0.3) is 0 Å². The highest BCUT2D eigenvalue weighted by molar-refractivity contribution is 5.73. The molecule has 0 fully saturated rings. The van der Waals surface area contributed by atoms with Crippen molar-refractivity contribution in [3.8, 4) is 0 Å². The minimum Gasteiger partial charge on any atom is -0.480 e. The minimum atomic E-state index is -1.08. The Labute approximate surface area is 71.4 Å². The van der Waals surface area contributed by atoms with Crippen LogP contribution in [0.4, 0.5) is 0 Å². The summed E-state index contributed by atoms with van der Waals surface area (Å²) in [5.41, 5.74) is 10.5. The third-order valence-corrected chi connectivity index (χ3v) is 1.81. The molecule has 6 N–H and O–H groups in total. The van der Waals surface area contributed by atoms with Crippen molar-refractivity contribution in [2.24, 2.45) is 17.4 Å². The molecule has 5 heteroatoms. The van der Waals surface area contributed by atoms with Crippen LogP contribution in [-0.2, 0) is 4.79 Å². The summed E-state index contributed by atoms with van der Waals surface area (Å²) in [7, 11) is 0. The summed E-state index contributed by atoms with van der Waals surface area (Å²) >= 11 is 0. The van der Waals surface area contributed by atoms with E-state index < -0.39 is 12.0 Å². The number of hydrogen-bond donors (Lipinski definition) is 4. The summed E-state index contributed by atoms with van der Waals surface area (Å²) < 4.78 is 0. The molecule has 0 amide bonds. The number of aliphatic hydroxyl groups excluding tert-OH is 1. The first-order valence-electron chi connectivity index (χ1n) is 3.92. The first-order valence-corrected chi connectivity index (χ1v) is 3.92. The van der Waals surface area contributed by atoms with Gasteiger partial charge in [0, 0.05) is 12.5 Å². The summed E-state index contributed by atoms with van der Waals surface area (Å²) in [6.07, 6.45) is 1.24. The molecule has 0 aromatic carbocycles. The molecule has 0 heterocycles. The maximum atomic E-state index is 10.4. The molecule has 0 spiro atoms. The molecule has 0 rings (SSSR count). The quantitative estimate of drug-likeness (QED) is 0.404. The van der Waals surface area contributed by atoms with E-state index in [-0.39, 0.29) is 12.5 Å². The smallest absolute Gasteiger partial charge is 0.320 e. The molecule has 12 heavy (non-hydrogen) atoms. The fourth-order valence-electron chi connectivity index (χ4n) is 0.966. The van der Waals surface area contributed by atoms with Crippen LogP contribution >= 0.6 is 0 Å². The predicted molar refractivity (Wildman–Crippen MR) is 44.5 cm³/mol. The SMILES string of the molecule is NCCCC(CO)[C@H](N)C(=O)O. The Balaban J connectivity index is 3.87. The highest BCUT2D eigenvalue weighted by Gasteiger charge is 2.22. The van der Waals surface area contributed by atoms with E-state index in [2.05, 4.69) is 0 Å². The summed E-state index contributed by atoms with van der Waals surface area (Å²) in [6.45, 7) is 0.288. The lowest BCUT2D eigenvalue weighted by atomic mass is 9.96. The van der Waals surface area contributed by atoms with E-state index in [1.165, 1.54) is 0 Å². The van der Waals surface area contributed by atoms with Gasteiger partial charge in [0.2, 0.25) is 0 Å². The first kappa shape index (κ1) is 11.4. The van der Waals surface area contributed by atoms with Gasteiger partial charge in [-0.05, 0) is 19.4 Å². The molecule has 0 aromatic rings. The zero-order valence-electron chi connectivity index (χ0n) is 6.94. The van der Waals surface area contributed by atoms with E-state index in [9.17, 15) is 4.79 Å². The van der Waals surface area contributed by atoms with Crippen molar-refractivity contribution in [3.63, 3.8) is 0 Å². The molecule has 1 unspecified atom stereocenters. The number of nitrogens with two attached hydrogens (primary N) is 2. The predicted octanol–water partition coefficient (Wildman–Crippen LogP) is -1.25. The zero-order chi connectivity index (χ0) is 9.56. The second kappa shape index (κ2) is 5.93. The van der Waals surface area contributed by atoms with E-state index in [0.717, 1.165) is 0 Å². The largest absolute Gasteiger partial charge is 0.480 e. The lowest BCUT2D eigenvalue weighted by Gasteiger charge is -2.17. The lowest BCUT2D eigenvalue weighted by molar-refractivity contribution is -0.140. The van der Waals surface area contributed by atoms with Crippen LogP contribution in [0, 0.1) is 5.92 Å². The average Bonchev–Trinajstić information content (AvgIpc) is 2.05. The van der Waals surface area contributed by atoms with E-state index >= 15 is 0 Å². The Hall–Kier alpha value is -0.650. The fourth-order valence-corrected chi connectivity index (χ4v) is 0.966. The van der Waals surface area contributed by atoms with E-state index in [1.54, 1.807) is 0 Å². The summed E-state index contributed by atoms with van der Waals surface area (Å²) in [4.78, 5) is 10.4. The minimum absolute atomic E-state index is 0.201. The monoisotopic (exact) mass is 176 g/mol. The number of aliphatic hydroxyl groups is 1. The van der Waals surface area contributed by atoms with Gasteiger partial charge in [0.1, 0.15) is 6.04 Å². The van der Waals surface area contributed by atoms with Crippen LogP contribution in [0.5, 0.6) is 0 Å². The molecule has 0 radical (unpaired) electrons. The second-order valence-electron chi connectivity index (χ2n) is 2.74. The Morgan fingerprint density at radius 2 is 2.08 bits per heavy atom. The maximum Gasteiger partial charge on any atom is 0.320 e. The Bertz CT molecular complexity index is 141. The van der Waals surface area contributed by atoms with Gasteiger partial charge >= 0.3 is 5.97 Å². The van der Waals surface area contributed by atoms with Gasteiger partial charge in [-0.25, -0.2) is 0 Å². The summed E-state index contributed by atoms with van der Waals surface area (Å²) in [6, 6.07) is -0.985. The van der Waals surface area contributed by atoms with Crippen LogP contribution in [-0.4, -0.2) is 35.4 Å². The maximum absolute atomic E-state index is 10.4. The normalized spacial score (nSPS) is 15.6. The van der Waals surface area contributed by atoms with Gasteiger partial charge in [0.05, 0.1) is 0 Å². The molecule has 2 atom stereocenters. The van der Waals surface area contributed by atoms with Crippen LogP contribution in [0.2, 0.25) is 0 Å². The van der Waals surface area contributed by atoms with Crippen molar-refractivity contribution in [3.05, 3.63) is 0 Å². The van der Waals surface area contributed by atoms with Crippen molar-refractivity contribution < 1.29 is 15.0 Å². The molecular formula is C7H16N2O3. The Morgan fingerprint density at radius 3 is 2.42 bits per heavy atom. The number of carboxylic acid groups (broad SMARTS) is 1. The van der Waals surface area contributed by atoms with Crippen molar-refractivity contribution in [1.82, 2.24) is 0 Å². The van der Waals surface area contributed by atoms with Crippen LogP contribution in [0.15, 0.2) is 0 Å². The second-order valence-corrected chi connectivity index (χ2v) is 2.74. The molecular weight excluding hydrogens is 160 g/mol. The lowest BCUT2D eigenvalue weighted by Crippen LogP contribution is -2.39. The van der Waals surface area contributed by atoms with Gasteiger partial charge in [-0.1, -0.05) is 0 Å². The van der Waals surface area contributed by atoms with Crippen molar-refractivity contribution in [2.45, 2.75) is 18.9 Å². The van der Waals surface area contributed by atoms with Crippen molar-refractivity contribution in [1.29, 1.82) is 0 Å². The molecule has 0 saturated carbocycles. The van der Waals surface area contributed by atoms with Gasteiger partial charge in [0.15, 0.2) is 0 Å². The van der Waals surface area contributed by atoms with Crippen molar-refractivity contribution in [2.75, 3.05) is 13.2 Å². The third kappa shape index (κ3) is 3.66. The number of carbonyl (C=O) groups is 1. The molecule has 72 valence electrons. The van der Waals surface area contributed by atoms with Crippen LogP contribution in [0.1, 0.15) is 12.8 Å². The third-order valence-electron chi connectivity index (χ3n) is 1.81. The summed E-state index contributed by atoms with van der Waals surface area (Å²) in [5, 5.41) is 17.3. The van der Waals surface area contributed by atoms with Gasteiger partial charge in [-0.2, -0.15) is 0 Å². The first-order chi connectivity index (χ1) is 5.63. The highest BCUT2D eigenvalue weighted by atomic mass is 16.4. The molecule has 0 bridgehead atoms. The molecule has 0 aromatic heterocycles. The van der Waals surface area contributed by atoms with E-state index in [4.69, 9.17) is 21.7 Å². The Kier molecular flexibility index (Phi) is 5.61. The molecule has 0 aliphatic heterocycles. The van der Waals surface area contributed by atoms with Crippen LogP contribution < -0.4 is 11.5 Å². The van der Waals surface area contributed by atoms with Crippen LogP contribution in [0.3, 0.4) is 0 Å². The standard InChI is InChI=1S/C7H16N2O3/c8-3-1-2-5(4-10)6(9)7(11)12/h5-6,10H,1-4,8-9H2,(H,11,12)/t5?,6-/m0/s1. The molecule has 0 aliphatic rings. The number of aliphatic carboxylic acids is 1. The number of rotatable bonds is 6. The molecule has 0 aliphatic carbocycles. The summed E-state index contributed by atoms with van der Waals surface area (Å²) in [5.74, 6) is -1.46. The van der Waals surface area contributed by atoms with Gasteiger partial charge in [-0.3, -0.25) is 4.79 Å². The zero-order valence-corrected chi connectivity index (χ0v) is 6.94. The Morgan fingerprint density at radius 1 is 1.50 bits per heavy atom. The van der Waals surface area contributed by atoms with Crippen molar-refractivity contribution >= 4 is 5.97 Å². The number of hydrogen-bond acceptors (Lipinski definition) is 4. The highest BCUT2D eigenvalue weighted by Crippen LogP contribution is 2.08. The van der Waals surface area contributed by atoms with E-state index in [0.29, 0.717) is 19.4 Å².